The second kappa shape index (κ2) is 6.00. The molecule has 0 spiro atoms. The molecule has 0 unspecified atom stereocenters. The van der Waals surface area contributed by atoms with E-state index in [0.29, 0.717) is 24.3 Å². The Balaban J connectivity index is 2.89. The monoisotopic (exact) mass is 258 g/mol. The zero-order chi connectivity index (χ0) is 12.9. The normalized spacial score (nSPS) is 11.8. The third kappa shape index (κ3) is 3.69. The maximum atomic E-state index is 12.0. The number of nitrogens with one attached hydrogen (secondary N) is 1. The summed E-state index contributed by atoms with van der Waals surface area (Å²) >= 11 is 0. The van der Waals surface area contributed by atoms with Gasteiger partial charge in [-0.3, -0.25) is 10.7 Å². The summed E-state index contributed by atoms with van der Waals surface area (Å²) in [7, 11) is -3.28. The van der Waals surface area contributed by atoms with Crippen LogP contribution in [-0.2, 0) is 15.8 Å². The maximum absolute atomic E-state index is 12.0. The van der Waals surface area contributed by atoms with E-state index in [2.05, 4.69) is 0 Å². The van der Waals surface area contributed by atoms with E-state index in [1.165, 1.54) is 4.31 Å². The van der Waals surface area contributed by atoms with Crippen molar-refractivity contribution in [1.29, 1.82) is 0 Å². The van der Waals surface area contributed by atoms with E-state index in [0.717, 1.165) is 0 Å². The molecule has 17 heavy (non-hydrogen) atoms. The van der Waals surface area contributed by atoms with Crippen molar-refractivity contribution < 1.29 is 13.6 Å². The topological polar surface area (TPSA) is 69.6 Å². The van der Waals surface area contributed by atoms with E-state index in [1.807, 2.05) is 19.3 Å². The van der Waals surface area contributed by atoms with Crippen molar-refractivity contribution in [1.82, 2.24) is 4.31 Å². The van der Waals surface area contributed by atoms with E-state index in [9.17, 15) is 8.42 Å². The van der Waals surface area contributed by atoms with Crippen LogP contribution >= 0.6 is 0 Å². The molecule has 1 aromatic rings. The lowest BCUT2D eigenvalue weighted by Crippen LogP contribution is -2.31. The van der Waals surface area contributed by atoms with E-state index in [1.54, 1.807) is 24.3 Å². The lowest BCUT2D eigenvalue weighted by molar-refractivity contribution is 0.389. The Labute approximate surface area is 102 Å². The lowest BCUT2D eigenvalue weighted by Gasteiger charge is -2.18. The fraction of sp³-hybridized carbons (Fsp3) is 0.455. The minimum absolute atomic E-state index is 0.0514. The Kier molecular flexibility index (Phi) is 4.92. The van der Waals surface area contributed by atoms with Crippen molar-refractivity contribution in [3.63, 3.8) is 0 Å². The van der Waals surface area contributed by atoms with Gasteiger partial charge in [0.05, 0.1) is 11.4 Å². The number of nitrogens with zero attached hydrogens (tertiary/aromatic N) is 1. The SMILES string of the molecule is CCN(CC)S(=O)(=O)Cc1cccc(NO)c1. The first-order chi connectivity index (χ1) is 8.03. The van der Waals surface area contributed by atoms with Gasteiger partial charge in [0, 0.05) is 13.1 Å². The second-order valence-corrected chi connectivity index (χ2v) is 5.62. The van der Waals surface area contributed by atoms with Crippen LogP contribution < -0.4 is 5.48 Å². The number of sulfonamides is 1. The summed E-state index contributed by atoms with van der Waals surface area (Å²) in [5.74, 6) is -0.0514. The first kappa shape index (κ1) is 14.0. The van der Waals surface area contributed by atoms with Crippen molar-refractivity contribution in [3.8, 4) is 0 Å². The molecular formula is C11H18N2O3S. The Hall–Kier alpha value is -1.11. The zero-order valence-corrected chi connectivity index (χ0v) is 10.9. The van der Waals surface area contributed by atoms with E-state index in [4.69, 9.17) is 5.21 Å². The van der Waals surface area contributed by atoms with E-state index in [-0.39, 0.29) is 5.75 Å². The van der Waals surface area contributed by atoms with Crippen LogP contribution in [0.1, 0.15) is 19.4 Å². The molecule has 0 atom stereocenters. The number of hydrogen-bond donors (Lipinski definition) is 2. The summed E-state index contributed by atoms with van der Waals surface area (Å²) in [5.41, 5.74) is 3.13. The molecule has 0 radical (unpaired) electrons. The maximum Gasteiger partial charge on any atom is 0.218 e. The van der Waals surface area contributed by atoms with Gasteiger partial charge in [0.2, 0.25) is 10.0 Å². The first-order valence-corrected chi connectivity index (χ1v) is 7.11. The van der Waals surface area contributed by atoms with Gasteiger partial charge in [-0.25, -0.2) is 12.7 Å². The van der Waals surface area contributed by atoms with Gasteiger partial charge >= 0.3 is 0 Å². The van der Waals surface area contributed by atoms with Crippen molar-refractivity contribution in [2.24, 2.45) is 0 Å². The van der Waals surface area contributed by atoms with Crippen molar-refractivity contribution in [3.05, 3.63) is 29.8 Å². The van der Waals surface area contributed by atoms with Gasteiger partial charge in [0.25, 0.3) is 0 Å². The number of rotatable bonds is 6. The molecule has 5 nitrogen and oxygen atoms in total. The van der Waals surface area contributed by atoms with Crippen LogP contribution in [0, 0.1) is 0 Å². The quantitative estimate of drug-likeness (QED) is 0.761. The molecule has 6 heteroatoms. The number of anilines is 1. The molecule has 2 N–H and O–H groups in total. The second-order valence-electron chi connectivity index (χ2n) is 3.65. The Morgan fingerprint density at radius 3 is 2.47 bits per heavy atom. The van der Waals surface area contributed by atoms with Gasteiger partial charge in [0.15, 0.2) is 0 Å². The fourth-order valence-electron chi connectivity index (χ4n) is 1.65. The molecule has 1 aromatic carbocycles. The van der Waals surface area contributed by atoms with Gasteiger partial charge in [-0.15, -0.1) is 0 Å². The summed E-state index contributed by atoms with van der Waals surface area (Å²) in [4.78, 5) is 0. The molecule has 0 bridgehead atoms. The highest BCUT2D eigenvalue weighted by Crippen LogP contribution is 2.14. The minimum atomic E-state index is -3.28. The highest BCUT2D eigenvalue weighted by atomic mass is 32.2. The van der Waals surface area contributed by atoms with E-state index < -0.39 is 10.0 Å². The number of benzene rings is 1. The van der Waals surface area contributed by atoms with Crippen LogP contribution in [0.5, 0.6) is 0 Å². The molecule has 0 aliphatic heterocycles. The highest BCUT2D eigenvalue weighted by molar-refractivity contribution is 7.88. The Morgan fingerprint density at radius 1 is 1.29 bits per heavy atom. The lowest BCUT2D eigenvalue weighted by atomic mass is 10.2. The molecule has 0 aliphatic rings. The first-order valence-electron chi connectivity index (χ1n) is 5.50. The molecule has 0 fully saturated rings. The van der Waals surface area contributed by atoms with Crippen molar-refractivity contribution >= 4 is 15.7 Å². The summed E-state index contributed by atoms with van der Waals surface area (Å²) in [6, 6.07) is 6.70. The minimum Gasteiger partial charge on any atom is -0.291 e. The highest BCUT2D eigenvalue weighted by Gasteiger charge is 2.19. The Bertz CT molecular complexity index is 456. The molecule has 96 valence electrons. The standard InChI is InChI=1S/C11H18N2O3S/c1-3-13(4-2)17(15,16)9-10-6-5-7-11(8-10)12-14/h5-8,12,14H,3-4,9H2,1-2H3. The fourth-order valence-corrected chi connectivity index (χ4v) is 3.22. The summed E-state index contributed by atoms with van der Waals surface area (Å²) in [6.45, 7) is 4.56. The van der Waals surface area contributed by atoms with Gasteiger partial charge in [-0.1, -0.05) is 26.0 Å². The van der Waals surface area contributed by atoms with Crippen LogP contribution in [0.4, 0.5) is 5.69 Å². The van der Waals surface area contributed by atoms with Crippen LogP contribution in [0.25, 0.3) is 0 Å². The van der Waals surface area contributed by atoms with Crippen LogP contribution in [0.3, 0.4) is 0 Å². The van der Waals surface area contributed by atoms with Crippen molar-refractivity contribution in [2.45, 2.75) is 19.6 Å². The molecule has 0 saturated carbocycles. The summed E-state index contributed by atoms with van der Waals surface area (Å²) in [5, 5.41) is 8.75. The average Bonchev–Trinajstić information content (AvgIpc) is 2.29. The average molecular weight is 258 g/mol. The van der Waals surface area contributed by atoms with Crippen LogP contribution in [0.2, 0.25) is 0 Å². The molecule has 1 rings (SSSR count). The molecule has 0 heterocycles. The van der Waals surface area contributed by atoms with Gasteiger partial charge in [-0.05, 0) is 17.7 Å². The molecule has 0 aromatic heterocycles. The van der Waals surface area contributed by atoms with Gasteiger partial charge in [-0.2, -0.15) is 0 Å². The molecule has 0 saturated heterocycles. The summed E-state index contributed by atoms with van der Waals surface area (Å²) in [6.07, 6.45) is 0. The van der Waals surface area contributed by atoms with Gasteiger partial charge in [0.1, 0.15) is 0 Å². The predicted octanol–water partition coefficient (Wildman–Crippen LogP) is 1.66. The largest absolute Gasteiger partial charge is 0.291 e. The predicted molar refractivity (Wildman–Crippen MR) is 67.4 cm³/mol. The Morgan fingerprint density at radius 2 is 1.94 bits per heavy atom. The third-order valence-corrected chi connectivity index (χ3v) is 4.51. The van der Waals surface area contributed by atoms with Crippen LogP contribution in [0.15, 0.2) is 24.3 Å². The van der Waals surface area contributed by atoms with Crippen molar-refractivity contribution in [2.75, 3.05) is 18.6 Å². The smallest absolute Gasteiger partial charge is 0.218 e. The zero-order valence-electron chi connectivity index (χ0n) is 10.0. The van der Waals surface area contributed by atoms with E-state index >= 15 is 0 Å². The number of hydrogen-bond acceptors (Lipinski definition) is 4. The summed E-state index contributed by atoms with van der Waals surface area (Å²) < 4.78 is 25.4. The molecule has 0 amide bonds. The van der Waals surface area contributed by atoms with Crippen LogP contribution in [-0.4, -0.2) is 31.0 Å². The molecule has 0 aliphatic carbocycles. The third-order valence-electron chi connectivity index (χ3n) is 2.50. The molecular weight excluding hydrogens is 240 g/mol. The van der Waals surface area contributed by atoms with Gasteiger partial charge < -0.3 is 0 Å².